The lowest BCUT2D eigenvalue weighted by Crippen LogP contribution is -2.33. The Bertz CT molecular complexity index is 595. The monoisotopic (exact) mass is 300 g/mol. The number of Topliss-reactive ketones (excluding diaryl/α,β-unsaturated/α-hetero) is 2. The zero-order chi connectivity index (χ0) is 16.3. The Hall–Kier alpha value is -0.920. The summed E-state index contributed by atoms with van der Waals surface area (Å²) in [6, 6.07) is 0. The van der Waals surface area contributed by atoms with E-state index in [9.17, 15) is 9.59 Å². The summed E-state index contributed by atoms with van der Waals surface area (Å²) in [5.74, 6) is 1.18. The van der Waals surface area contributed by atoms with Gasteiger partial charge in [0.2, 0.25) is 0 Å². The summed E-state index contributed by atoms with van der Waals surface area (Å²) < 4.78 is 0. The second-order valence-electron chi connectivity index (χ2n) is 9.78. The molecule has 4 rings (SSSR count). The highest BCUT2D eigenvalue weighted by Gasteiger charge is 2.70. The van der Waals surface area contributed by atoms with E-state index in [1.165, 1.54) is 0 Å². The molecule has 0 radical (unpaired) electrons. The predicted octanol–water partition coefficient (Wildman–Crippen LogP) is 4.33. The van der Waals surface area contributed by atoms with E-state index >= 15 is 0 Å². The average molecular weight is 300 g/mol. The van der Waals surface area contributed by atoms with Crippen molar-refractivity contribution in [3.05, 3.63) is 11.1 Å². The Morgan fingerprint density at radius 1 is 0.682 bits per heavy atom. The molecule has 4 saturated carbocycles. The minimum Gasteiger partial charge on any atom is -0.294 e. The van der Waals surface area contributed by atoms with Crippen LogP contribution >= 0.6 is 0 Å². The highest BCUT2D eigenvalue weighted by molar-refractivity contribution is 6.15. The summed E-state index contributed by atoms with van der Waals surface area (Å²) >= 11 is 0. The minimum atomic E-state index is -0.257. The van der Waals surface area contributed by atoms with Crippen LogP contribution in [-0.4, -0.2) is 11.6 Å². The van der Waals surface area contributed by atoms with Crippen LogP contribution in [-0.2, 0) is 9.59 Å². The molecule has 0 N–H and O–H groups in total. The van der Waals surface area contributed by atoms with Gasteiger partial charge in [0.25, 0.3) is 0 Å². The lowest BCUT2D eigenvalue weighted by atomic mass is 9.70. The van der Waals surface area contributed by atoms with E-state index in [2.05, 4.69) is 41.5 Å². The molecule has 0 aromatic rings. The molecule has 4 aliphatic carbocycles. The van der Waals surface area contributed by atoms with Gasteiger partial charge in [-0.1, -0.05) is 41.5 Å². The van der Waals surface area contributed by atoms with Gasteiger partial charge in [-0.15, -0.1) is 0 Å². The van der Waals surface area contributed by atoms with Crippen LogP contribution in [0.3, 0.4) is 0 Å². The van der Waals surface area contributed by atoms with Crippen molar-refractivity contribution in [3.63, 3.8) is 0 Å². The van der Waals surface area contributed by atoms with Crippen LogP contribution in [0.2, 0.25) is 0 Å². The summed E-state index contributed by atoms with van der Waals surface area (Å²) in [6.07, 6.45) is 4.12. The molecule has 0 amide bonds. The molecule has 4 aliphatic rings. The van der Waals surface area contributed by atoms with Crippen LogP contribution in [0.1, 0.15) is 67.2 Å². The molecule has 4 bridgehead atoms. The van der Waals surface area contributed by atoms with Gasteiger partial charge in [-0.25, -0.2) is 0 Å². The van der Waals surface area contributed by atoms with Crippen molar-refractivity contribution in [2.24, 2.45) is 33.5 Å². The van der Waals surface area contributed by atoms with Crippen molar-refractivity contribution in [1.82, 2.24) is 0 Å². The molecule has 0 aromatic heterocycles. The third kappa shape index (κ3) is 1.17. The first-order valence-electron chi connectivity index (χ1n) is 8.84. The maximum atomic E-state index is 13.2. The smallest absolute Gasteiger partial charge is 0.165 e. The van der Waals surface area contributed by atoms with Gasteiger partial charge in [0.1, 0.15) is 0 Å². The fourth-order valence-corrected chi connectivity index (χ4v) is 6.35. The predicted molar refractivity (Wildman–Crippen MR) is 86.3 cm³/mol. The number of carbonyl (C=O) groups is 2. The number of carbonyl (C=O) groups excluding carboxylic acids is 2. The van der Waals surface area contributed by atoms with Crippen molar-refractivity contribution < 1.29 is 9.59 Å². The summed E-state index contributed by atoms with van der Waals surface area (Å²) in [4.78, 5) is 26.4. The van der Waals surface area contributed by atoms with Crippen LogP contribution in [0, 0.1) is 33.5 Å². The summed E-state index contributed by atoms with van der Waals surface area (Å²) in [7, 11) is 0. The minimum absolute atomic E-state index is 0.000419. The quantitative estimate of drug-likeness (QED) is 0.624. The van der Waals surface area contributed by atoms with Crippen molar-refractivity contribution >= 4 is 11.6 Å². The second kappa shape index (κ2) is 3.60. The zero-order valence-corrected chi connectivity index (χ0v) is 14.8. The van der Waals surface area contributed by atoms with E-state index in [-0.39, 0.29) is 21.7 Å². The topological polar surface area (TPSA) is 34.1 Å². The van der Waals surface area contributed by atoms with Crippen LogP contribution in [0.15, 0.2) is 11.1 Å². The highest BCUT2D eigenvalue weighted by Crippen LogP contribution is 2.71. The molecule has 2 heteroatoms. The number of ketones is 2. The molecular weight excluding hydrogens is 272 g/mol. The van der Waals surface area contributed by atoms with Crippen molar-refractivity contribution in [1.29, 1.82) is 0 Å². The van der Waals surface area contributed by atoms with Gasteiger partial charge in [0, 0.05) is 22.0 Å². The lowest BCUT2D eigenvalue weighted by Gasteiger charge is -2.31. The first-order chi connectivity index (χ1) is 10.00. The normalized spacial score (nSPS) is 51.2. The number of rotatable bonds is 0. The first kappa shape index (κ1) is 14.7. The Balaban J connectivity index is 1.95. The molecule has 22 heavy (non-hydrogen) atoms. The molecule has 0 spiro atoms. The fourth-order valence-electron chi connectivity index (χ4n) is 6.35. The molecule has 0 heterocycles. The average Bonchev–Trinajstić information content (AvgIpc) is 2.90. The molecule has 0 unspecified atom stereocenters. The third-order valence-corrected chi connectivity index (χ3v) is 8.93. The Morgan fingerprint density at radius 2 is 1.00 bits per heavy atom. The number of allylic oxidation sites excluding steroid dienone is 2. The maximum absolute atomic E-state index is 13.2. The van der Waals surface area contributed by atoms with Gasteiger partial charge < -0.3 is 0 Å². The number of hydrogen-bond donors (Lipinski definition) is 0. The molecule has 120 valence electrons. The van der Waals surface area contributed by atoms with E-state index in [0.717, 1.165) is 36.8 Å². The van der Waals surface area contributed by atoms with Gasteiger partial charge in [0.15, 0.2) is 11.6 Å². The van der Waals surface area contributed by atoms with Gasteiger partial charge in [-0.2, -0.15) is 0 Å². The number of hydrogen-bond acceptors (Lipinski definition) is 2. The van der Waals surface area contributed by atoms with E-state index in [4.69, 9.17) is 0 Å². The second-order valence-corrected chi connectivity index (χ2v) is 9.78. The van der Waals surface area contributed by atoms with Crippen molar-refractivity contribution in [2.45, 2.75) is 67.2 Å². The van der Waals surface area contributed by atoms with Gasteiger partial charge >= 0.3 is 0 Å². The highest BCUT2D eigenvalue weighted by atomic mass is 16.1. The lowest BCUT2D eigenvalue weighted by molar-refractivity contribution is -0.127. The summed E-state index contributed by atoms with van der Waals surface area (Å²) in [6.45, 7) is 13.2. The molecule has 0 saturated heterocycles. The Labute approximate surface area is 133 Å². The summed E-state index contributed by atoms with van der Waals surface area (Å²) in [5, 5.41) is 0. The zero-order valence-electron chi connectivity index (χ0n) is 14.8. The SMILES string of the molecule is CC1(C)[C@H]2CC[C@@]1(C)C(=O)/C2=C1\C(=O)[C@]2(C)CC[C@@H]1C2(C)C. The molecule has 0 aromatic carbocycles. The maximum Gasteiger partial charge on any atom is 0.165 e. The van der Waals surface area contributed by atoms with E-state index in [1.54, 1.807) is 0 Å². The van der Waals surface area contributed by atoms with Crippen molar-refractivity contribution in [3.8, 4) is 0 Å². The number of fused-ring (bicyclic) bond motifs is 4. The Morgan fingerprint density at radius 3 is 1.23 bits per heavy atom. The molecule has 4 fully saturated rings. The Kier molecular flexibility index (Phi) is 2.40. The van der Waals surface area contributed by atoms with Gasteiger partial charge in [0.05, 0.1) is 0 Å². The summed E-state index contributed by atoms with van der Waals surface area (Å²) in [5.41, 5.74) is 1.38. The van der Waals surface area contributed by atoms with Gasteiger partial charge in [-0.05, 0) is 48.3 Å². The molecule has 4 atom stereocenters. The van der Waals surface area contributed by atoms with E-state index in [0.29, 0.717) is 23.4 Å². The molecule has 0 aliphatic heterocycles. The van der Waals surface area contributed by atoms with Crippen molar-refractivity contribution in [2.75, 3.05) is 0 Å². The van der Waals surface area contributed by atoms with Gasteiger partial charge in [-0.3, -0.25) is 9.59 Å². The largest absolute Gasteiger partial charge is 0.294 e. The van der Waals surface area contributed by atoms with Crippen LogP contribution in [0.5, 0.6) is 0 Å². The molecular formula is C20H28O2. The van der Waals surface area contributed by atoms with Crippen LogP contribution < -0.4 is 0 Å². The fraction of sp³-hybridized carbons (Fsp3) is 0.800. The van der Waals surface area contributed by atoms with Crippen LogP contribution in [0.4, 0.5) is 0 Å². The molecule has 2 nitrogen and oxygen atoms in total. The standard InChI is InChI=1S/C20H28O2/c1-17(2)11-7-9-19(17,5)15(21)13(11)14-12-8-10-20(6,16(14)22)18(12,3)4/h11-12H,7-10H2,1-6H3/b14-13-/t11-,12-,19-,20-/m0/s1. The van der Waals surface area contributed by atoms with E-state index < -0.39 is 0 Å². The first-order valence-corrected chi connectivity index (χ1v) is 8.84. The van der Waals surface area contributed by atoms with Crippen LogP contribution in [0.25, 0.3) is 0 Å². The van der Waals surface area contributed by atoms with E-state index in [1.807, 2.05) is 0 Å². The third-order valence-electron chi connectivity index (χ3n) is 8.93.